The van der Waals surface area contributed by atoms with Crippen molar-refractivity contribution in [2.45, 2.75) is 38.3 Å². The fourth-order valence-corrected chi connectivity index (χ4v) is 6.11. The lowest BCUT2D eigenvalue weighted by molar-refractivity contribution is -0.140. The normalized spacial score (nSPS) is 14.3. The summed E-state index contributed by atoms with van der Waals surface area (Å²) in [6.07, 6.45) is 0. The quantitative estimate of drug-likeness (QED) is 0.132. The Morgan fingerprint density at radius 2 is 1.90 bits per heavy atom. The number of hydrogen-bond acceptors (Lipinski definition) is 8. The first kappa shape index (κ1) is 30.3. The Morgan fingerprint density at radius 1 is 1.12 bits per heavy atom. The number of fused-ring (bicyclic) bond motifs is 1. The number of hydrogen-bond donors (Lipinski definition) is 1. The molecule has 0 amide bonds. The molecule has 0 radical (unpaired) electrons. The Bertz CT molecular complexity index is 1650. The third kappa shape index (κ3) is 6.57. The van der Waals surface area contributed by atoms with E-state index in [0.29, 0.717) is 48.4 Å². The van der Waals surface area contributed by atoms with Crippen molar-refractivity contribution in [2.24, 2.45) is 0 Å². The summed E-state index contributed by atoms with van der Waals surface area (Å²) in [7, 11) is 1.56. The van der Waals surface area contributed by atoms with E-state index in [-0.39, 0.29) is 13.2 Å². The number of allylic oxidation sites excluding steroid dienone is 1. The lowest BCUT2D eigenvalue weighted by Gasteiger charge is -2.29. The van der Waals surface area contributed by atoms with Crippen molar-refractivity contribution in [3.63, 3.8) is 0 Å². The molecule has 1 aliphatic heterocycles. The van der Waals surface area contributed by atoms with Crippen LogP contribution >= 0.6 is 50.9 Å². The average molecular weight is 690 g/mol. The number of thioether (sulfide) groups is 1. The van der Waals surface area contributed by atoms with E-state index in [1.807, 2.05) is 62.4 Å². The van der Waals surface area contributed by atoms with Crippen LogP contribution in [0.15, 0.2) is 81.6 Å². The van der Waals surface area contributed by atoms with Crippen LogP contribution in [0.3, 0.4) is 0 Å². The standard InChI is InChI=1S/C30H27BrCl2N4O4S/c1-4-42-30-35-29-34-17(2)25(28(38)41-15-18-8-6-5-7-9-18)26(37(29)36-30)20-12-22(31)27(24(13-20)39-3)40-16-19-10-11-21(32)14-23(19)33/h5-14,26H,4,15-16H2,1-3H3,(H,34,35,36). The van der Waals surface area contributed by atoms with E-state index in [1.54, 1.807) is 23.9 Å². The molecule has 3 aromatic carbocycles. The number of ether oxygens (including phenoxy) is 3. The number of rotatable bonds is 10. The maximum absolute atomic E-state index is 13.7. The van der Waals surface area contributed by atoms with E-state index in [1.165, 1.54) is 11.8 Å². The third-order valence-corrected chi connectivity index (χ3v) is 8.39. The van der Waals surface area contributed by atoms with Crippen LogP contribution in [0.1, 0.15) is 36.6 Å². The molecule has 1 aromatic heterocycles. The van der Waals surface area contributed by atoms with Crippen LogP contribution < -0.4 is 14.8 Å². The second-order valence-electron chi connectivity index (χ2n) is 9.28. The Labute approximate surface area is 266 Å². The smallest absolute Gasteiger partial charge is 0.338 e. The van der Waals surface area contributed by atoms with Gasteiger partial charge in [-0.3, -0.25) is 0 Å². The molecular weight excluding hydrogens is 663 g/mol. The number of methoxy groups -OCH3 is 1. The van der Waals surface area contributed by atoms with Crippen LogP contribution in [-0.2, 0) is 22.7 Å². The monoisotopic (exact) mass is 688 g/mol. The molecule has 2 heterocycles. The Kier molecular flexibility index (Phi) is 9.67. The second-order valence-corrected chi connectivity index (χ2v) is 12.2. The minimum Gasteiger partial charge on any atom is -0.493 e. The molecule has 1 unspecified atom stereocenters. The van der Waals surface area contributed by atoms with Crippen molar-refractivity contribution >= 4 is 62.8 Å². The molecule has 0 bridgehead atoms. The highest BCUT2D eigenvalue weighted by Gasteiger charge is 2.36. The molecule has 1 N–H and O–H groups in total. The Balaban J connectivity index is 1.51. The number of nitrogens with zero attached hydrogens (tertiary/aromatic N) is 3. The van der Waals surface area contributed by atoms with Crippen LogP contribution in [0.25, 0.3) is 0 Å². The van der Waals surface area contributed by atoms with Crippen LogP contribution in [0.2, 0.25) is 10.0 Å². The summed E-state index contributed by atoms with van der Waals surface area (Å²) in [6, 6.07) is 17.8. The largest absolute Gasteiger partial charge is 0.493 e. The van der Waals surface area contributed by atoms with Crippen LogP contribution in [-0.4, -0.2) is 33.6 Å². The molecule has 0 saturated carbocycles. The molecule has 4 aromatic rings. The summed E-state index contributed by atoms with van der Waals surface area (Å²) >= 11 is 17.6. The van der Waals surface area contributed by atoms with Crippen molar-refractivity contribution in [1.29, 1.82) is 0 Å². The van der Waals surface area contributed by atoms with Crippen LogP contribution in [0.4, 0.5) is 5.95 Å². The number of carbonyl (C=O) groups excluding carboxylic acids is 1. The molecule has 0 saturated heterocycles. The second kappa shape index (κ2) is 13.4. The highest BCUT2D eigenvalue weighted by molar-refractivity contribution is 9.10. The summed E-state index contributed by atoms with van der Waals surface area (Å²) in [4.78, 5) is 18.3. The van der Waals surface area contributed by atoms with E-state index >= 15 is 0 Å². The molecule has 0 aliphatic carbocycles. The third-order valence-electron chi connectivity index (χ3n) is 6.49. The zero-order chi connectivity index (χ0) is 29.8. The predicted octanol–water partition coefficient (Wildman–Crippen LogP) is 8.08. The number of anilines is 1. The van der Waals surface area contributed by atoms with Gasteiger partial charge in [0.1, 0.15) is 19.3 Å². The van der Waals surface area contributed by atoms with E-state index in [9.17, 15) is 4.79 Å². The molecule has 1 atom stereocenters. The van der Waals surface area contributed by atoms with Crippen LogP contribution in [0, 0.1) is 0 Å². The van der Waals surface area contributed by atoms with Crippen LogP contribution in [0.5, 0.6) is 11.5 Å². The predicted molar refractivity (Wildman–Crippen MR) is 169 cm³/mol. The minimum atomic E-state index is -0.645. The summed E-state index contributed by atoms with van der Waals surface area (Å²) in [5.74, 6) is 1.81. The lowest BCUT2D eigenvalue weighted by Crippen LogP contribution is -2.29. The maximum atomic E-state index is 13.7. The molecular formula is C30H27BrCl2N4O4S. The number of halogens is 3. The molecule has 5 rings (SSSR count). The first-order chi connectivity index (χ1) is 20.3. The van der Waals surface area contributed by atoms with E-state index in [2.05, 4.69) is 26.2 Å². The summed E-state index contributed by atoms with van der Waals surface area (Å²) in [5, 5.41) is 9.62. The van der Waals surface area contributed by atoms with Gasteiger partial charge in [0.2, 0.25) is 11.1 Å². The van der Waals surface area contributed by atoms with Gasteiger partial charge in [-0.05, 0) is 64.0 Å². The first-order valence-electron chi connectivity index (χ1n) is 13.0. The topological polar surface area (TPSA) is 87.5 Å². The van der Waals surface area contributed by atoms with Gasteiger partial charge in [-0.1, -0.05) is 78.3 Å². The van der Waals surface area contributed by atoms with Gasteiger partial charge in [-0.15, -0.1) is 5.10 Å². The van der Waals surface area contributed by atoms with Gasteiger partial charge in [-0.25, -0.2) is 9.48 Å². The lowest BCUT2D eigenvalue weighted by atomic mass is 9.95. The van der Waals surface area contributed by atoms with Gasteiger partial charge in [-0.2, -0.15) is 4.98 Å². The molecule has 1 aliphatic rings. The first-order valence-corrected chi connectivity index (χ1v) is 15.5. The Morgan fingerprint density at radius 3 is 2.62 bits per heavy atom. The number of benzene rings is 3. The number of aromatic nitrogens is 3. The van der Waals surface area contributed by atoms with Crippen molar-refractivity contribution in [2.75, 3.05) is 18.2 Å². The summed E-state index contributed by atoms with van der Waals surface area (Å²) < 4.78 is 20.0. The molecule has 0 spiro atoms. The molecule has 12 heteroatoms. The van der Waals surface area contributed by atoms with Gasteiger partial charge < -0.3 is 19.5 Å². The molecule has 42 heavy (non-hydrogen) atoms. The Hall–Kier alpha value is -3.18. The van der Waals surface area contributed by atoms with Gasteiger partial charge in [0.05, 0.1) is 17.2 Å². The SMILES string of the molecule is CCSc1nc2n(n1)C(c1cc(Br)c(OCc3ccc(Cl)cc3Cl)c(OC)c1)C(C(=O)OCc1ccccc1)=C(C)N2. The van der Waals surface area contributed by atoms with Gasteiger partial charge >= 0.3 is 5.97 Å². The van der Waals surface area contributed by atoms with Gasteiger partial charge in [0.15, 0.2) is 11.5 Å². The fraction of sp³-hybridized carbons (Fsp3) is 0.233. The van der Waals surface area contributed by atoms with Gasteiger partial charge in [0.25, 0.3) is 0 Å². The maximum Gasteiger partial charge on any atom is 0.338 e. The van der Waals surface area contributed by atoms with Gasteiger partial charge in [0, 0.05) is 21.3 Å². The molecule has 218 valence electrons. The highest BCUT2D eigenvalue weighted by atomic mass is 79.9. The van der Waals surface area contributed by atoms with E-state index in [0.717, 1.165) is 22.4 Å². The summed E-state index contributed by atoms with van der Waals surface area (Å²) in [5.41, 5.74) is 3.42. The highest BCUT2D eigenvalue weighted by Crippen LogP contribution is 2.43. The van der Waals surface area contributed by atoms with E-state index < -0.39 is 12.0 Å². The van der Waals surface area contributed by atoms with Crippen molar-refractivity contribution in [1.82, 2.24) is 14.8 Å². The molecule has 8 nitrogen and oxygen atoms in total. The average Bonchev–Trinajstić information content (AvgIpc) is 3.37. The number of esters is 1. The number of carbonyl (C=O) groups is 1. The molecule has 0 fully saturated rings. The zero-order valence-electron chi connectivity index (χ0n) is 23.0. The number of nitrogens with one attached hydrogen (secondary N) is 1. The van der Waals surface area contributed by atoms with Crippen molar-refractivity contribution in [3.8, 4) is 11.5 Å². The zero-order valence-corrected chi connectivity index (χ0v) is 26.9. The fourth-order valence-electron chi connectivity index (χ4n) is 4.52. The van der Waals surface area contributed by atoms with Crippen molar-refractivity contribution in [3.05, 3.63) is 103 Å². The minimum absolute atomic E-state index is 0.136. The summed E-state index contributed by atoms with van der Waals surface area (Å²) in [6.45, 7) is 4.19. The van der Waals surface area contributed by atoms with E-state index in [4.69, 9.17) is 42.5 Å². The van der Waals surface area contributed by atoms with Crippen molar-refractivity contribution < 1.29 is 19.0 Å².